The maximum absolute atomic E-state index is 12.2. The Bertz CT molecular complexity index is 991. The van der Waals surface area contributed by atoms with Crippen LogP contribution >= 0.6 is 0 Å². The van der Waals surface area contributed by atoms with E-state index in [9.17, 15) is 9.90 Å². The third-order valence-corrected chi connectivity index (χ3v) is 3.91. The largest absolute Gasteiger partial charge is 0.493 e. The summed E-state index contributed by atoms with van der Waals surface area (Å²) in [5, 5.41) is 18.6. The third kappa shape index (κ3) is 2.18. The second-order valence-electron chi connectivity index (χ2n) is 5.32. The van der Waals surface area contributed by atoms with Crippen molar-refractivity contribution in [3.05, 3.63) is 48.0 Å². The summed E-state index contributed by atoms with van der Waals surface area (Å²) >= 11 is 0. The highest BCUT2D eigenvalue weighted by Gasteiger charge is 2.17. The van der Waals surface area contributed by atoms with Crippen molar-refractivity contribution in [1.82, 2.24) is 4.57 Å². The molecule has 1 N–H and O–H groups in total. The monoisotopic (exact) mass is 323 g/mol. The van der Waals surface area contributed by atoms with E-state index >= 15 is 0 Å². The second kappa shape index (κ2) is 5.38. The van der Waals surface area contributed by atoms with Crippen LogP contribution in [-0.2, 0) is 7.05 Å². The SMILES string of the molecule is Cn1c(O)c(N=NC(=O)c2ccc3c(c2)OCO3)c2ccccc21. The summed E-state index contributed by atoms with van der Waals surface area (Å²) in [6.45, 7) is 0.137. The minimum absolute atomic E-state index is 0.0431. The van der Waals surface area contributed by atoms with Crippen molar-refractivity contribution in [2.45, 2.75) is 0 Å². The molecule has 0 bridgehead atoms. The fraction of sp³-hybridized carbons (Fsp3) is 0.118. The minimum atomic E-state index is -0.527. The summed E-state index contributed by atoms with van der Waals surface area (Å²) in [7, 11) is 1.72. The van der Waals surface area contributed by atoms with Crippen LogP contribution in [0.2, 0.25) is 0 Å². The molecule has 0 saturated heterocycles. The topological polar surface area (TPSA) is 85.4 Å². The van der Waals surface area contributed by atoms with Gasteiger partial charge in [0.1, 0.15) is 0 Å². The molecule has 1 aliphatic rings. The molecule has 2 aromatic carbocycles. The van der Waals surface area contributed by atoms with E-state index in [1.807, 2.05) is 24.3 Å². The van der Waals surface area contributed by atoms with Gasteiger partial charge in [0.05, 0.1) is 5.52 Å². The standard InChI is InChI=1S/C17H13N3O4/c1-20-12-5-3-2-4-11(12)15(17(20)22)18-19-16(21)10-6-7-13-14(8-10)24-9-23-13/h2-8,22H,9H2,1H3. The van der Waals surface area contributed by atoms with E-state index in [1.54, 1.807) is 29.8 Å². The van der Waals surface area contributed by atoms with Crippen LogP contribution in [0, 0.1) is 0 Å². The first-order chi connectivity index (χ1) is 11.6. The number of rotatable bonds is 2. The number of benzene rings is 2. The van der Waals surface area contributed by atoms with E-state index < -0.39 is 5.91 Å². The number of carbonyl (C=O) groups is 1. The molecule has 1 aliphatic heterocycles. The minimum Gasteiger partial charge on any atom is -0.493 e. The number of azo groups is 1. The lowest BCUT2D eigenvalue weighted by atomic mass is 10.2. The number of nitrogens with zero attached hydrogens (tertiary/aromatic N) is 3. The number of amides is 1. The van der Waals surface area contributed by atoms with Gasteiger partial charge in [-0.1, -0.05) is 18.2 Å². The number of aryl methyl sites for hydroxylation is 1. The summed E-state index contributed by atoms with van der Waals surface area (Å²) in [5.41, 5.74) is 1.41. The van der Waals surface area contributed by atoms with E-state index in [4.69, 9.17) is 9.47 Å². The summed E-state index contributed by atoms with van der Waals surface area (Å²) in [6.07, 6.45) is 0. The van der Waals surface area contributed by atoms with Crippen LogP contribution in [0.15, 0.2) is 52.7 Å². The maximum Gasteiger partial charge on any atom is 0.295 e. The van der Waals surface area contributed by atoms with E-state index in [1.165, 1.54) is 0 Å². The van der Waals surface area contributed by atoms with Gasteiger partial charge in [0.25, 0.3) is 5.91 Å². The van der Waals surface area contributed by atoms with Crippen molar-refractivity contribution >= 4 is 22.5 Å². The zero-order chi connectivity index (χ0) is 16.7. The first kappa shape index (κ1) is 14.3. The average molecular weight is 323 g/mol. The Morgan fingerprint density at radius 2 is 1.96 bits per heavy atom. The summed E-state index contributed by atoms with van der Waals surface area (Å²) in [5.74, 6) is 0.526. The normalized spacial score (nSPS) is 13.0. The molecule has 120 valence electrons. The molecule has 24 heavy (non-hydrogen) atoms. The first-order valence-corrected chi connectivity index (χ1v) is 7.27. The first-order valence-electron chi connectivity index (χ1n) is 7.27. The molecule has 1 aromatic heterocycles. The lowest BCUT2D eigenvalue weighted by Crippen LogP contribution is -1.94. The molecule has 0 atom stereocenters. The Morgan fingerprint density at radius 3 is 2.83 bits per heavy atom. The summed E-state index contributed by atoms with van der Waals surface area (Å²) < 4.78 is 12.0. The molecule has 1 amide bonds. The van der Waals surface area contributed by atoms with Crippen molar-refractivity contribution in [1.29, 1.82) is 0 Å². The summed E-state index contributed by atoms with van der Waals surface area (Å²) in [4.78, 5) is 12.2. The molecule has 7 heteroatoms. The average Bonchev–Trinajstić information content (AvgIpc) is 3.17. The predicted octanol–water partition coefficient (Wildman–Crippen LogP) is 3.54. The Kier molecular flexibility index (Phi) is 3.19. The van der Waals surface area contributed by atoms with Crippen molar-refractivity contribution in [2.24, 2.45) is 17.3 Å². The van der Waals surface area contributed by atoms with Crippen molar-refractivity contribution in [2.75, 3.05) is 6.79 Å². The van der Waals surface area contributed by atoms with Crippen LogP contribution in [-0.4, -0.2) is 22.4 Å². The van der Waals surface area contributed by atoms with Gasteiger partial charge in [-0.15, -0.1) is 10.2 Å². The number of ether oxygens (including phenoxy) is 2. The highest BCUT2D eigenvalue weighted by atomic mass is 16.7. The molecule has 0 aliphatic carbocycles. The number of carbonyl (C=O) groups excluding carboxylic acids is 1. The summed E-state index contributed by atoms with van der Waals surface area (Å²) in [6, 6.07) is 12.2. The smallest absolute Gasteiger partial charge is 0.295 e. The third-order valence-electron chi connectivity index (χ3n) is 3.91. The molecule has 0 saturated carbocycles. The Hall–Kier alpha value is -3.35. The quantitative estimate of drug-likeness (QED) is 0.731. The van der Waals surface area contributed by atoms with Gasteiger partial charge in [0.15, 0.2) is 17.2 Å². The van der Waals surface area contributed by atoms with E-state index in [2.05, 4.69) is 10.2 Å². The van der Waals surface area contributed by atoms with E-state index in [-0.39, 0.29) is 18.4 Å². The van der Waals surface area contributed by atoms with Crippen molar-refractivity contribution in [3.8, 4) is 17.4 Å². The molecule has 0 radical (unpaired) electrons. The van der Waals surface area contributed by atoms with Gasteiger partial charge in [-0.25, -0.2) is 0 Å². The van der Waals surface area contributed by atoms with E-state index in [0.717, 1.165) is 10.9 Å². The molecule has 0 fully saturated rings. The van der Waals surface area contributed by atoms with Crippen molar-refractivity contribution < 1.29 is 19.4 Å². The highest BCUT2D eigenvalue weighted by molar-refractivity contribution is 5.97. The number of aromatic nitrogens is 1. The molecule has 0 spiro atoms. The highest BCUT2D eigenvalue weighted by Crippen LogP contribution is 2.38. The predicted molar refractivity (Wildman–Crippen MR) is 86.0 cm³/mol. The van der Waals surface area contributed by atoms with Crippen LogP contribution in [0.5, 0.6) is 17.4 Å². The molecular weight excluding hydrogens is 310 g/mol. The van der Waals surface area contributed by atoms with Gasteiger partial charge in [-0.3, -0.25) is 4.79 Å². The number of hydrogen-bond acceptors (Lipinski definition) is 5. The fourth-order valence-electron chi connectivity index (χ4n) is 2.64. The molecule has 7 nitrogen and oxygen atoms in total. The van der Waals surface area contributed by atoms with E-state index in [0.29, 0.717) is 17.1 Å². The number of para-hydroxylation sites is 1. The zero-order valence-corrected chi connectivity index (χ0v) is 12.8. The molecule has 3 aromatic rings. The van der Waals surface area contributed by atoms with Gasteiger partial charge in [0, 0.05) is 18.0 Å². The Morgan fingerprint density at radius 1 is 1.17 bits per heavy atom. The zero-order valence-electron chi connectivity index (χ0n) is 12.8. The van der Waals surface area contributed by atoms with Crippen LogP contribution in [0.25, 0.3) is 10.9 Å². The number of hydrogen-bond donors (Lipinski definition) is 1. The van der Waals surface area contributed by atoms with Crippen LogP contribution < -0.4 is 9.47 Å². The lowest BCUT2D eigenvalue weighted by Gasteiger charge is -1.98. The molecular formula is C17H13N3O4. The van der Waals surface area contributed by atoms with Gasteiger partial charge in [-0.2, -0.15) is 0 Å². The molecule has 2 heterocycles. The van der Waals surface area contributed by atoms with Crippen LogP contribution in [0.4, 0.5) is 5.69 Å². The number of aromatic hydroxyl groups is 1. The van der Waals surface area contributed by atoms with Gasteiger partial charge >= 0.3 is 0 Å². The van der Waals surface area contributed by atoms with Gasteiger partial charge < -0.3 is 19.1 Å². The Labute approximate surface area is 136 Å². The number of fused-ring (bicyclic) bond motifs is 2. The Balaban J connectivity index is 1.68. The van der Waals surface area contributed by atoms with Gasteiger partial charge in [-0.05, 0) is 24.3 Å². The lowest BCUT2D eigenvalue weighted by molar-refractivity contribution is 0.0994. The maximum atomic E-state index is 12.2. The fourth-order valence-corrected chi connectivity index (χ4v) is 2.64. The molecule has 4 rings (SSSR count). The van der Waals surface area contributed by atoms with Gasteiger partial charge in [0.2, 0.25) is 12.7 Å². The molecule has 0 unspecified atom stereocenters. The van der Waals surface area contributed by atoms with Crippen LogP contribution in [0.1, 0.15) is 10.4 Å². The van der Waals surface area contributed by atoms with Crippen molar-refractivity contribution in [3.63, 3.8) is 0 Å². The van der Waals surface area contributed by atoms with Crippen LogP contribution in [0.3, 0.4) is 0 Å². The second-order valence-corrected chi connectivity index (χ2v) is 5.32.